The van der Waals surface area contributed by atoms with E-state index in [0.29, 0.717) is 0 Å². The Morgan fingerprint density at radius 2 is 1.93 bits per heavy atom. The minimum atomic E-state index is -1.16. The molecular weight excluding hydrogens is 186 g/mol. The van der Waals surface area contributed by atoms with E-state index in [9.17, 15) is 9.59 Å². The number of carbonyl (C=O) groups is 2. The van der Waals surface area contributed by atoms with Gasteiger partial charge in [0, 0.05) is 24.7 Å². The number of aliphatic hydroxyl groups excluding tert-OH is 1. The normalized spacial score (nSPS) is 10.9. The van der Waals surface area contributed by atoms with E-state index in [4.69, 9.17) is 10.2 Å². The highest BCUT2D eigenvalue weighted by Crippen LogP contribution is 1.99. The van der Waals surface area contributed by atoms with Crippen molar-refractivity contribution in [3.05, 3.63) is 12.2 Å². The lowest BCUT2D eigenvalue weighted by atomic mass is 10.3. The fourth-order valence-electron chi connectivity index (χ4n) is 0.969. The predicted molar refractivity (Wildman–Crippen MR) is 50.7 cm³/mol. The fraction of sp³-hybridized carbons (Fsp3) is 0.556. The van der Waals surface area contributed by atoms with Gasteiger partial charge in [0.2, 0.25) is 5.91 Å². The first-order valence-corrected chi connectivity index (χ1v) is 4.31. The summed E-state index contributed by atoms with van der Waals surface area (Å²) in [4.78, 5) is 22.9. The molecule has 0 spiro atoms. The van der Waals surface area contributed by atoms with Crippen molar-refractivity contribution < 1.29 is 19.8 Å². The average molecular weight is 201 g/mol. The van der Waals surface area contributed by atoms with Gasteiger partial charge in [0.1, 0.15) is 0 Å². The van der Waals surface area contributed by atoms with Gasteiger partial charge in [0.05, 0.1) is 6.61 Å². The molecule has 0 unspecified atom stereocenters. The van der Waals surface area contributed by atoms with Gasteiger partial charge >= 0.3 is 5.97 Å². The summed E-state index contributed by atoms with van der Waals surface area (Å²) in [6, 6.07) is -0.0619. The molecule has 0 rings (SSSR count). The third-order valence-corrected chi connectivity index (χ3v) is 1.62. The number of aliphatic hydroxyl groups is 1. The molecule has 14 heavy (non-hydrogen) atoms. The maximum Gasteiger partial charge on any atom is 0.328 e. The molecule has 0 bridgehead atoms. The van der Waals surface area contributed by atoms with Gasteiger partial charge in [-0.2, -0.15) is 0 Å². The van der Waals surface area contributed by atoms with Crippen LogP contribution in [-0.2, 0) is 9.59 Å². The highest BCUT2D eigenvalue weighted by molar-refractivity contribution is 5.94. The minimum absolute atomic E-state index is 0.0619. The van der Waals surface area contributed by atoms with Crippen molar-refractivity contribution in [1.29, 1.82) is 0 Å². The van der Waals surface area contributed by atoms with Crippen LogP contribution in [-0.4, -0.2) is 46.2 Å². The summed E-state index contributed by atoms with van der Waals surface area (Å²) >= 11 is 0. The second kappa shape index (κ2) is 6.15. The molecule has 0 aliphatic heterocycles. The predicted octanol–water partition coefficient (Wildman–Crippen LogP) is -0.144. The van der Waals surface area contributed by atoms with Crippen LogP contribution in [0, 0.1) is 0 Å². The van der Waals surface area contributed by atoms with Gasteiger partial charge in [-0.05, 0) is 13.8 Å². The van der Waals surface area contributed by atoms with E-state index in [1.165, 1.54) is 4.90 Å². The van der Waals surface area contributed by atoms with Crippen LogP contribution in [0.5, 0.6) is 0 Å². The van der Waals surface area contributed by atoms with E-state index in [1.807, 2.05) is 0 Å². The largest absolute Gasteiger partial charge is 0.478 e. The fourth-order valence-corrected chi connectivity index (χ4v) is 0.969. The number of hydrogen-bond acceptors (Lipinski definition) is 3. The average Bonchev–Trinajstić information content (AvgIpc) is 2.09. The quantitative estimate of drug-likeness (QED) is 0.607. The van der Waals surface area contributed by atoms with Gasteiger partial charge in [-0.15, -0.1) is 0 Å². The Kier molecular flexibility index (Phi) is 5.55. The van der Waals surface area contributed by atoms with E-state index in [1.54, 1.807) is 13.8 Å². The summed E-state index contributed by atoms with van der Waals surface area (Å²) in [5.74, 6) is -1.57. The second-order valence-corrected chi connectivity index (χ2v) is 3.02. The zero-order valence-corrected chi connectivity index (χ0v) is 8.30. The molecule has 2 N–H and O–H groups in total. The summed E-state index contributed by atoms with van der Waals surface area (Å²) < 4.78 is 0. The maximum absolute atomic E-state index is 11.3. The maximum atomic E-state index is 11.3. The standard InChI is InChI=1S/C9H15NO4/c1-7(2)10(5-6-11)8(12)3-4-9(13)14/h3-4,7,11H,5-6H2,1-2H3,(H,13,14)/b4-3+. The molecule has 0 aromatic heterocycles. The molecule has 0 saturated heterocycles. The number of hydrogen-bond donors (Lipinski definition) is 2. The topological polar surface area (TPSA) is 77.8 Å². The number of carbonyl (C=O) groups excluding carboxylic acids is 1. The molecule has 0 saturated carbocycles. The molecule has 0 aliphatic rings. The summed E-state index contributed by atoms with van der Waals surface area (Å²) in [5, 5.41) is 17.0. The molecule has 0 heterocycles. The van der Waals surface area contributed by atoms with Crippen molar-refractivity contribution in [2.45, 2.75) is 19.9 Å². The number of carboxylic acids is 1. The molecule has 0 aromatic carbocycles. The van der Waals surface area contributed by atoms with Gasteiger partial charge in [0.25, 0.3) is 0 Å². The Morgan fingerprint density at radius 1 is 1.36 bits per heavy atom. The number of rotatable bonds is 5. The first kappa shape index (κ1) is 12.6. The number of amides is 1. The van der Waals surface area contributed by atoms with Crippen LogP contribution in [0.2, 0.25) is 0 Å². The van der Waals surface area contributed by atoms with E-state index in [0.717, 1.165) is 12.2 Å². The van der Waals surface area contributed by atoms with Crippen molar-refractivity contribution >= 4 is 11.9 Å². The molecule has 5 nitrogen and oxygen atoms in total. The van der Waals surface area contributed by atoms with Crippen LogP contribution in [0.4, 0.5) is 0 Å². The first-order chi connectivity index (χ1) is 6.49. The Labute approximate surface area is 82.6 Å². The number of nitrogens with zero attached hydrogens (tertiary/aromatic N) is 1. The molecule has 0 radical (unpaired) electrons. The van der Waals surface area contributed by atoms with E-state index >= 15 is 0 Å². The van der Waals surface area contributed by atoms with Crippen molar-refractivity contribution in [2.24, 2.45) is 0 Å². The van der Waals surface area contributed by atoms with Crippen LogP contribution < -0.4 is 0 Å². The molecular formula is C9H15NO4. The van der Waals surface area contributed by atoms with Gasteiger partial charge in [-0.3, -0.25) is 4.79 Å². The van der Waals surface area contributed by atoms with Crippen LogP contribution in [0.25, 0.3) is 0 Å². The van der Waals surface area contributed by atoms with Crippen LogP contribution >= 0.6 is 0 Å². The lowest BCUT2D eigenvalue weighted by Crippen LogP contribution is -2.37. The summed E-state index contributed by atoms with van der Waals surface area (Å²) in [6.45, 7) is 3.66. The minimum Gasteiger partial charge on any atom is -0.478 e. The highest BCUT2D eigenvalue weighted by atomic mass is 16.4. The van der Waals surface area contributed by atoms with E-state index in [2.05, 4.69) is 0 Å². The SMILES string of the molecule is CC(C)N(CCO)C(=O)/C=C/C(=O)O. The van der Waals surface area contributed by atoms with Crippen LogP contribution in [0.15, 0.2) is 12.2 Å². The third kappa shape index (κ3) is 4.61. The first-order valence-electron chi connectivity index (χ1n) is 4.31. The molecule has 80 valence electrons. The van der Waals surface area contributed by atoms with Gasteiger partial charge in [0.15, 0.2) is 0 Å². The summed E-state index contributed by atoms with van der Waals surface area (Å²) in [5.41, 5.74) is 0. The monoisotopic (exact) mass is 201 g/mol. The molecule has 0 aromatic rings. The van der Waals surface area contributed by atoms with Gasteiger partial charge in [-0.25, -0.2) is 4.79 Å². The molecule has 0 aliphatic carbocycles. The van der Waals surface area contributed by atoms with Crippen molar-refractivity contribution in [1.82, 2.24) is 4.90 Å². The van der Waals surface area contributed by atoms with E-state index < -0.39 is 11.9 Å². The van der Waals surface area contributed by atoms with Crippen LogP contribution in [0.3, 0.4) is 0 Å². The van der Waals surface area contributed by atoms with E-state index in [-0.39, 0.29) is 19.2 Å². The number of aliphatic carboxylic acids is 1. The van der Waals surface area contributed by atoms with Gasteiger partial charge in [-0.1, -0.05) is 0 Å². The Bertz CT molecular complexity index is 235. The summed E-state index contributed by atoms with van der Waals surface area (Å²) in [6.07, 6.45) is 1.77. The zero-order chi connectivity index (χ0) is 11.1. The van der Waals surface area contributed by atoms with Gasteiger partial charge < -0.3 is 15.1 Å². The Balaban J connectivity index is 4.36. The number of carboxylic acid groups (broad SMARTS) is 1. The smallest absolute Gasteiger partial charge is 0.328 e. The molecule has 5 heteroatoms. The Hall–Kier alpha value is -1.36. The van der Waals surface area contributed by atoms with Crippen molar-refractivity contribution in [2.75, 3.05) is 13.2 Å². The van der Waals surface area contributed by atoms with Crippen molar-refractivity contribution in [3.8, 4) is 0 Å². The molecule has 0 atom stereocenters. The highest BCUT2D eigenvalue weighted by Gasteiger charge is 2.13. The lowest BCUT2D eigenvalue weighted by Gasteiger charge is -2.24. The summed E-state index contributed by atoms with van der Waals surface area (Å²) in [7, 11) is 0. The zero-order valence-electron chi connectivity index (χ0n) is 8.30. The third-order valence-electron chi connectivity index (χ3n) is 1.62. The Morgan fingerprint density at radius 3 is 2.29 bits per heavy atom. The molecule has 1 amide bonds. The lowest BCUT2D eigenvalue weighted by molar-refractivity contribution is -0.132. The second-order valence-electron chi connectivity index (χ2n) is 3.02. The molecule has 0 fully saturated rings. The van der Waals surface area contributed by atoms with Crippen LogP contribution in [0.1, 0.15) is 13.8 Å². The van der Waals surface area contributed by atoms with Crippen molar-refractivity contribution in [3.63, 3.8) is 0 Å².